The number of anilines is 1. The summed E-state index contributed by atoms with van der Waals surface area (Å²) in [4.78, 5) is 19.3. The molecule has 154 valence electrons. The molecule has 1 amide bonds. The van der Waals surface area contributed by atoms with Gasteiger partial charge in [-0.05, 0) is 38.5 Å². The number of hydrogen-bond acceptors (Lipinski definition) is 5. The Morgan fingerprint density at radius 1 is 1.13 bits per heavy atom. The summed E-state index contributed by atoms with van der Waals surface area (Å²) in [7, 11) is 1.89. The molecule has 7 heteroatoms. The van der Waals surface area contributed by atoms with Gasteiger partial charge in [-0.25, -0.2) is 4.68 Å². The largest absolute Gasteiger partial charge is 0.348 e. The number of thiazole rings is 1. The quantitative estimate of drug-likeness (QED) is 0.503. The Hall–Kier alpha value is -3.19. The van der Waals surface area contributed by atoms with Crippen LogP contribution in [0.5, 0.6) is 0 Å². The van der Waals surface area contributed by atoms with Crippen LogP contribution in [0.3, 0.4) is 0 Å². The van der Waals surface area contributed by atoms with Crippen molar-refractivity contribution in [1.82, 2.24) is 20.1 Å². The molecule has 0 aliphatic rings. The monoisotopic (exact) mass is 419 g/mol. The predicted octanol–water partition coefficient (Wildman–Crippen LogP) is 4.41. The van der Waals surface area contributed by atoms with Gasteiger partial charge >= 0.3 is 0 Å². The maximum Gasteiger partial charge on any atom is 0.240 e. The summed E-state index contributed by atoms with van der Waals surface area (Å²) in [6.07, 6.45) is 0. The molecule has 0 aliphatic carbocycles. The number of fused-ring (bicyclic) bond motifs is 1. The lowest BCUT2D eigenvalue weighted by molar-refractivity contribution is -0.120. The highest BCUT2D eigenvalue weighted by molar-refractivity contribution is 7.22. The highest BCUT2D eigenvalue weighted by Crippen LogP contribution is 2.31. The second-order valence-electron chi connectivity index (χ2n) is 7.54. The first-order chi connectivity index (χ1) is 14.4. The maximum absolute atomic E-state index is 12.6. The third-order valence-corrected chi connectivity index (χ3v) is 6.31. The molecular weight excluding hydrogens is 394 g/mol. The fraction of sp³-hybridized carbons (Fsp3) is 0.261. The van der Waals surface area contributed by atoms with Crippen LogP contribution in [-0.4, -0.2) is 34.3 Å². The Morgan fingerprint density at radius 3 is 2.53 bits per heavy atom. The van der Waals surface area contributed by atoms with E-state index in [1.54, 1.807) is 11.3 Å². The molecule has 2 heterocycles. The lowest BCUT2D eigenvalue weighted by atomic mass is 10.1. The van der Waals surface area contributed by atoms with Crippen molar-refractivity contribution in [1.29, 1.82) is 0 Å². The zero-order chi connectivity index (χ0) is 21.3. The molecule has 0 saturated heterocycles. The number of carbonyl (C=O) groups is 1. The fourth-order valence-corrected chi connectivity index (χ4v) is 4.29. The van der Waals surface area contributed by atoms with Gasteiger partial charge in [-0.15, -0.1) is 0 Å². The van der Waals surface area contributed by atoms with Crippen LogP contribution in [-0.2, 0) is 4.79 Å². The van der Waals surface area contributed by atoms with Gasteiger partial charge in [0.2, 0.25) is 5.91 Å². The van der Waals surface area contributed by atoms with Crippen molar-refractivity contribution in [2.45, 2.75) is 26.8 Å². The second kappa shape index (κ2) is 8.28. The third kappa shape index (κ3) is 4.07. The van der Waals surface area contributed by atoms with Gasteiger partial charge in [0.25, 0.3) is 0 Å². The molecule has 2 aromatic carbocycles. The van der Waals surface area contributed by atoms with E-state index < -0.39 is 0 Å². The lowest BCUT2D eigenvalue weighted by Gasteiger charge is -2.19. The average Bonchev–Trinajstić information content (AvgIpc) is 3.30. The fourth-order valence-electron chi connectivity index (χ4n) is 3.34. The van der Waals surface area contributed by atoms with Gasteiger partial charge in [-0.2, -0.15) is 10.1 Å². The Balaban J connectivity index is 1.48. The number of hydrogen-bond donors (Lipinski definition) is 1. The van der Waals surface area contributed by atoms with Crippen molar-refractivity contribution in [3.05, 3.63) is 71.4 Å². The van der Waals surface area contributed by atoms with E-state index in [-0.39, 0.29) is 18.5 Å². The molecule has 0 bridgehead atoms. The number of nitrogens with zero attached hydrogens (tertiary/aromatic N) is 4. The first-order valence-corrected chi connectivity index (χ1v) is 10.7. The molecule has 1 N–H and O–H groups in total. The number of likely N-dealkylation sites (N-methyl/N-ethyl adjacent to an activating group) is 1. The third-order valence-electron chi connectivity index (χ3n) is 5.04. The topological polar surface area (TPSA) is 63.1 Å². The number of amides is 1. The molecule has 0 unspecified atom stereocenters. The molecule has 0 fully saturated rings. The molecule has 0 radical (unpaired) electrons. The first-order valence-electron chi connectivity index (χ1n) is 9.91. The molecule has 2 aromatic heterocycles. The van der Waals surface area contributed by atoms with E-state index in [2.05, 4.69) is 41.6 Å². The highest BCUT2D eigenvalue weighted by atomic mass is 32.1. The van der Waals surface area contributed by atoms with Crippen molar-refractivity contribution < 1.29 is 4.79 Å². The van der Waals surface area contributed by atoms with Crippen molar-refractivity contribution in [3.63, 3.8) is 0 Å². The number of aryl methyl sites for hydroxylation is 2. The summed E-state index contributed by atoms with van der Waals surface area (Å²) in [6, 6.07) is 18.1. The number of aromatic nitrogens is 3. The number of benzene rings is 2. The molecule has 1 atom stereocenters. The normalized spacial score (nSPS) is 12.1. The van der Waals surface area contributed by atoms with Crippen molar-refractivity contribution in [2.75, 3.05) is 18.5 Å². The molecule has 4 aromatic rings. The summed E-state index contributed by atoms with van der Waals surface area (Å²) < 4.78 is 2.90. The summed E-state index contributed by atoms with van der Waals surface area (Å²) in [5.74, 6) is -0.0359. The van der Waals surface area contributed by atoms with Gasteiger partial charge in [0.15, 0.2) is 10.8 Å². The molecule has 0 saturated carbocycles. The van der Waals surface area contributed by atoms with Crippen LogP contribution < -0.4 is 10.2 Å². The summed E-state index contributed by atoms with van der Waals surface area (Å²) in [6.45, 7) is 6.28. The molecule has 30 heavy (non-hydrogen) atoms. The van der Waals surface area contributed by atoms with Crippen LogP contribution in [0.15, 0.2) is 54.6 Å². The van der Waals surface area contributed by atoms with E-state index >= 15 is 0 Å². The average molecular weight is 420 g/mol. The van der Waals surface area contributed by atoms with Gasteiger partial charge in [-0.3, -0.25) is 4.79 Å². The lowest BCUT2D eigenvalue weighted by Crippen LogP contribution is -2.36. The van der Waals surface area contributed by atoms with Crippen LogP contribution in [0.2, 0.25) is 0 Å². The molecule has 6 nitrogen and oxygen atoms in total. The Morgan fingerprint density at radius 2 is 1.83 bits per heavy atom. The highest BCUT2D eigenvalue weighted by Gasteiger charge is 2.19. The summed E-state index contributed by atoms with van der Waals surface area (Å²) in [5.41, 5.74) is 5.02. The zero-order valence-electron chi connectivity index (χ0n) is 17.6. The predicted molar refractivity (Wildman–Crippen MR) is 122 cm³/mol. The standard InChI is InChI=1S/C23H25N5OS/c1-15-10-12-18(13-11-15)16(2)24-20(29)14-27(4)23-25-22-21(30-23)17(3)26-28(22)19-8-6-5-7-9-19/h5-13,16H,14H2,1-4H3,(H,24,29)/t16-/m0/s1. The van der Waals surface area contributed by atoms with Crippen molar-refractivity contribution >= 4 is 32.7 Å². The van der Waals surface area contributed by atoms with E-state index in [9.17, 15) is 4.79 Å². The SMILES string of the molecule is Cc1ccc([C@H](C)NC(=O)CN(C)c2nc3c(s2)c(C)nn3-c2ccccc2)cc1. The van der Waals surface area contributed by atoms with Crippen molar-refractivity contribution in [3.8, 4) is 5.69 Å². The van der Waals surface area contributed by atoms with E-state index in [1.807, 2.05) is 60.8 Å². The van der Waals surface area contributed by atoms with Crippen LogP contribution >= 0.6 is 11.3 Å². The van der Waals surface area contributed by atoms with Crippen LogP contribution in [0.4, 0.5) is 5.13 Å². The molecule has 0 spiro atoms. The number of nitrogens with one attached hydrogen (secondary N) is 1. The second-order valence-corrected chi connectivity index (χ2v) is 8.52. The number of para-hydroxylation sites is 1. The van der Waals surface area contributed by atoms with Crippen LogP contribution in [0.25, 0.3) is 16.0 Å². The number of carbonyl (C=O) groups excluding carboxylic acids is 1. The minimum Gasteiger partial charge on any atom is -0.348 e. The molecule has 0 aliphatic heterocycles. The van der Waals surface area contributed by atoms with E-state index in [0.717, 1.165) is 32.4 Å². The summed E-state index contributed by atoms with van der Waals surface area (Å²) >= 11 is 1.56. The molecular formula is C23H25N5OS. The Bertz CT molecular complexity index is 1160. The smallest absolute Gasteiger partial charge is 0.240 e. The summed E-state index contributed by atoms with van der Waals surface area (Å²) in [5, 5.41) is 8.50. The van der Waals surface area contributed by atoms with Gasteiger partial charge in [0.1, 0.15) is 0 Å². The minimum atomic E-state index is -0.0456. The molecule has 4 rings (SSSR count). The van der Waals surface area contributed by atoms with E-state index in [4.69, 9.17) is 4.98 Å². The van der Waals surface area contributed by atoms with Gasteiger partial charge in [0, 0.05) is 7.05 Å². The van der Waals surface area contributed by atoms with Gasteiger partial charge < -0.3 is 10.2 Å². The van der Waals surface area contributed by atoms with E-state index in [1.165, 1.54) is 5.56 Å². The Kier molecular flexibility index (Phi) is 5.55. The maximum atomic E-state index is 12.6. The van der Waals surface area contributed by atoms with E-state index in [0.29, 0.717) is 0 Å². The van der Waals surface area contributed by atoms with Gasteiger partial charge in [0.05, 0.1) is 28.7 Å². The first kappa shape index (κ1) is 20.1. The van der Waals surface area contributed by atoms with Crippen LogP contribution in [0.1, 0.15) is 29.8 Å². The number of rotatable bonds is 6. The van der Waals surface area contributed by atoms with Gasteiger partial charge in [-0.1, -0.05) is 59.4 Å². The van der Waals surface area contributed by atoms with Crippen molar-refractivity contribution in [2.24, 2.45) is 0 Å². The minimum absolute atomic E-state index is 0.0359. The zero-order valence-corrected chi connectivity index (χ0v) is 18.4. The Labute approximate surface area is 180 Å². The van der Waals surface area contributed by atoms with Crippen LogP contribution in [0, 0.1) is 13.8 Å².